The number of nitrogens with one attached hydrogen (secondary N) is 1. The second-order valence-electron chi connectivity index (χ2n) is 5.25. The van der Waals surface area contributed by atoms with Crippen molar-refractivity contribution in [1.82, 2.24) is 10.3 Å². The third-order valence-corrected chi connectivity index (χ3v) is 3.87. The number of hydrogen-bond donors (Lipinski definition) is 1. The number of nitrogens with zero attached hydrogens (tertiary/aromatic N) is 1. The normalized spacial score (nSPS) is 24.1. The highest BCUT2D eigenvalue weighted by atomic mass is 15.0. The van der Waals surface area contributed by atoms with E-state index in [-0.39, 0.29) is 0 Å². The van der Waals surface area contributed by atoms with Crippen LogP contribution in [0.25, 0.3) is 0 Å². The van der Waals surface area contributed by atoms with Crippen LogP contribution >= 0.6 is 0 Å². The Labute approximate surface area is 105 Å². The predicted molar refractivity (Wildman–Crippen MR) is 72.2 cm³/mol. The molecule has 0 amide bonds. The first-order valence-electron chi connectivity index (χ1n) is 6.97. The van der Waals surface area contributed by atoms with E-state index in [1.807, 2.05) is 6.20 Å². The highest BCUT2D eigenvalue weighted by molar-refractivity contribution is 5.16. The highest BCUT2D eigenvalue weighted by Crippen LogP contribution is 2.28. The summed E-state index contributed by atoms with van der Waals surface area (Å²) in [5.41, 5.74) is 2.90. The van der Waals surface area contributed by atoms with Gasteiger partial charge in [0.2, 0.25) is 0 Å². The molecule has 0 radical (unpaired) electrons. The number of aryl methyl sites for hydroxylation is 1. The quantitative estimate of drug-likeness (QED) is 0.843. The van der Waals surface area contributed by atoms with Crippen LogP contribution in [0.15, 0.2) is 18.3 Å². The fourth-order valence-electron chi connectivity index (χ4n) is 2.92. The number of hydrogen-bond acceptors (Lipinski definition) is 2. The van der Waals surface area contributed by atoms with Gasteiger partial charge in [0, 0.05) is 23.9 Å². The van der Waals surface area contributed by atoms with Crippen molar-refractivity contribution in [3.05, 3.63) is 29.6 Å². The van der Waals surface area contributed by atoms with Gasteiger partial charge < -0.3 is 5.32 Å². The second-order valence-corrected chi connectivity index (χ2v) is 5.25. The van der Waals surface area contributed by atoms with Gasteiger partial charge in [-0.25, -0.2) is 0 Å². The van der Waals surface area contributed by atoms with Gasteiger partial charge >= 0.3 is 0 Å². The van der Waals surface area contributed by atoms with Gasteiger partial charge in [0.05, 0.1) is 0 Å². The second kappa shape index (κ2) is 5.63. The molecule has 1 aliphatic rings. The Balaban J connectivity index is 2.06. The maximum atomic E-state index is 4.60. The van der Waals surface area contributed by atoms with Gasteiger partial charge in [-0.2, -0.15) is 0 Å². The third-order valence-electron chi connectivity index (χ3n) is 3.87. The molecule has 0 aromatic carbocycles. The predicted octanol–water partition coefficient (Wildman–Crippen LogP) is 3.11. The van der Waals surface area contributed by atoms with Crippen molar-refractivity contribution in [1.29, 1.82) is 0 Å². The SMILES string of the molecule is CCCC1(Cc2ccc(CC)cn2)CCCN1. The van der Waals surface area contributed by atoms with Gasteiger partial charge in [-0.1, -0.05) is 26.3 Å². The average Bonchev–Trinajstić information content (AvgIpc) is 2.79. The number of pyridine rings is 1. The molecular weight excluding hydrogens is 208 g/mol. The molecule has 1 fully saturated rings. The zero-order valence-corrected chi connectivity index (χ0v) is 11.1. The summed E-state index contributed by atoms with van der Waals surface area (Å²) >= 11 is 0. The topological polar surface area (TPSA) is 24.9 Å². The summed E-state index contributed by atoms with van der Waals surface area (Å²) in [5, 5.41) is 3.71. The third kappa shape index (κ3) is 3.06. The zero-order valence-electron chi connectivity index (χ0n) is 11.1. The lowest BCUT2D eigenvalue weighted by Gasteiger charge is -2.29. The molecule has 2 rings (SSSR count). The van der Waals surface area contributed by atoms with Crippen LogP contribution in [-0.2, 0) is 12.8 Å². The summed E-state index contributed by atoms with van der Waals surface area (Å²) in [4.78, 5) is 4.60. The molecule has 1 atom stereocenters. The van der Waals surface area contributed by atoms with Crippen molar-refractivity contribution in [2.24, 2.45) is 0 Å². The van der Waals surface area contributed by atoms with Crippen LogP contribution in [-0.4, -0.2) is 17.1 Å². The summed E-state index contributed by atoms with van der Waals surface area (Å²) in [6.07, 6.45) is 9.33. The van der Waals surface area contributed by atoms with E-state index in [9.17, 15) is 0 Å². The highest BCUT2D eigenvalue weighted by Gasteiger charge is 2.32. The maximum Gasteiger partial charge on any atom is 0.0422 e. The Bertz CT molecular complexity index is 336. The fourth-order valence-corrected chi connectivity index (χ4v) is 2.92. The molecule has 1 unspecified atom stereocenters. The van der Waals surface area contributed by atoms with Gasteiger partial charge in [0.25, 0.3) is 0 Å². The molecule has 1 aromatic heterocycles. The Hall–Kier alpha value is -0.890. The van der Waals surface area contributed by atoms with Gasteiger partial charge in [-0.3, -0.25) is 4.98 Å². The smallest absolute Gasteiger partial charge is 0.0422 e. The molecule has 1 aromatic rings. The van der Waals surface area contributed by atoms with E-state index < -0.39 is 0 Å². The minimum absolute atomic E-state index is 0.329. The van der Waals surface area contributed by atoms with E-state index in [0.717, 1.165) is 12.8 Å². The average molecular weight is 232 g/mol. The largest absolute Gasteiger partial charge is 0.311 e. The summed E-state index contributed by atoms with van der Waals surface area (Å²) in [6, 6.07) is 4.42. The molecular formula is C15H24N2. The summed E-state index contributed by atoms with van der Waals surface area (Å²) in [7, 11) is 0. The van der Waals surface area contributed by atoms with Crippen molar-refractivity contribution in [2.75, 3.05) is 6.54 Å². The molecule has 2 heteroatoms. The lowest BCUT2D eigenvalue weighted by Crippen LogP contribution is -2.41. The van der Waals surface area contributed by atoms with E-state index in [1.54, 1.807) is 0 Å². The molecule has 1 N–H and O–H groups in total. The Morgan fingerprint density at radius 2 is 2.24 bits per heavy atom. The van der Waals surface area contributed by atoms with Gasteiger partial charge in [0.1, 0.15) is 0 Å². The minimum atomic E-state index is 0.329. The maximum absolute atomic E-state index is 4.60. The van der Waals surface area contributed by atoms with E-state index in [1.165, 1.54) is 43.5 Å². The van der Waals surface area contributed by atoms with Crippen molar-refractivity contribution >= 4 is 0 Å². The summed E-state index contributed by atoms with van der Waals surface area (Å²) in [6.45, 7) is 5.62. The van der Waals surface area contributed by atoms with Crippen LogP contribution < -0.4 is 5.32 Å². The summed E-state index contributed by atoms with van der Waals surface area (Å²) in [5.74, 6) is 0. The summed E-state index contributed by atoms with van der Waals surface area (Å²) < 4.78 is 0. The van der Waals surface area contributed by atoms with Crippen LogP contribution in [0, 0.1) is 0 Å². The lowest BCUT2D eigenvalue weighted by atomic mass is 9.87. The molecule has 1 aliphatic heterocycles. The molecule has 2 heterocycles. The van der Waals surface area contributed by atoms with E-state index >= 15 is 0 Å². The van der Waals surface area contributed by atoms with Crippen LogP contribution in [0.5, 0.6) is 0 Å². The van der Waals surface area contributed by atoms with Crippen molar-refractivity contribution in [3.8, 4) is 0 Å². The molecule has 0 saturated carbocycles. The van der Waals surface area contributed by atoms with Crippen LogP contribution in [0.2, 0.25) is 0 Å². The van der Waals surface area contributed by atoms with Crippen LogP contribution in [0.4, 0.5) is 0 Å². The van der Waals surface area contributed by atoms with Crippen molar-refractivity contribution in [2.45, 2.75) is 57.9 Å². The minimum Gasteiger partial charge on any atom is -0.311 e. The van der Waals surface area contributed by atoms with Crippen molar-refractivity contribution < 1.29 is 0 Å². The van der Waals surface area contributed by atoms with Crippen LogP contribution in [0.1, 0.15) is 50.8 Å². The standard InChI is InChI=1S/C15H24N2/c1-3-8-15(9-5-10-17-15)11-14-7-6-13(4-2)12-16-14/h6-7,12,17H,3-5,8-11H2,1-2H3. The fraction of sp³-hybridized carbons (Fsp3) is 0.667. The monoisotopic (exact) mass is 232 g/mol. The van der Waals surface area contributed by atoms with Crippen molar-refractivity contribution in [3.63, 3.8) is 0 Å². The number of aromatic nitrogens is 1. The molecule has 0 bridgehead atoms. The van der Waals surface area contributed by atoms with E-state index in [2.05, 4.69) is 36.3 Å². The molecule has 17 heavy (non-hydrogen) atoms. The first-order chi connectivity index (χ1) is 8.28. The molecule has 94 valence electrons. The number of rotatable bonds is 5. The molecule has 2 nitrogen and oxygen atoms in total. The zero-order chi connectivity index (χ0) is 12.1. The molecule has 1 saturated heterocycles. The van der Waals surface area contributed by atoms with Crippen LogP contribution in [0.3, 0.4) is 0 Å². The molecule has 0 aliphatic carbocycles. The Morgan fingerprint density at radius 1 is 1.35 bits per heavy atom. The van der Waals surface area contributed by atoms with Gasteiger partial charge in [0.15, 0.2) is 0 Å². The Morgan fingerprint density at radius 3 is 2.76 bits per heavy atom. The lowest BCUT2D eigenvalue weighted by molar-refractivity contribution is 0.339. The van der Waals surface area contributed by atoms with E-state index in [4.69, 9.17) is 0 Å². The Kier molecular flexibility index (Phi) is 4.16. The first-order valence-corrected chi connectivity index (χ1v) is 6.97. The first kappa shape index (κ1) is 12.6. The van der Waals surface area contributed by atoms with E-state index in [0.29, 0.717) is 5.54 Å². The van der Waals surface area contributed by atoms with Gasteiger partial charge in [-0.05, 0) is 43.9 Å². The molecule has 0 spiro atoms. The van der Waals surface area contributed by atoms with Gasteiger partial charge in [-0.15, -0.1) is 0 Å².